The minimum Gasteiger partial charge on any atom is -0.490 e. The van der Waals surface area contributed by atoms with E-state index in [9.17, 15) is 4.79 Å². The van der Waals surface area contributed by atoms with Crippen LogP contribution in [0.2, 0.25) is 0 Å². The van der Waals surface area contributed by atoms with Crippen LogP contribution in [0.3, 0.4) is 0 Å². The highest BCUT2D eigenvalue weighted by molar-refractivity contribution is 5.18. The number of rotatable bonds is 3. The van der Waals surface area contributed by atoms with Crippen molar-refractivity contribution in [3.8, 4) is 5.75 Å². The molecule has 0 aromatic carbocycles. The third-order valence-corrected chi connectivity index (χ3v) is 5.32. The molecule has 3 aliphatic rings. The normalized spacial score (nSPS) is 35.5. The van der Waals surface area contributed by atoms with Gasteiger partial charge in [0.2, 0.25) is 11.2 Å². The summed E-state index contributed by atoms with van der Waals surface area (Å²) in [4.78, 5) is 14.4. The Labute approximate surface area is 117 Å². The van der Waals surface area contributed by atoms with Crippen molar-refractivity contribution in [3.63, 3.8) is 0 Å². The Bertz CT molecular complexity index is 552. The summed E-state index contributed by atoms with van der Waals surface area (Å²) < 4.78 is 10.5. The lowest BCUT2D eigenvalue weighted by atomic mass is 9.82. The molecule has 1 N–H and O–H groups in total. The lowest BCUT2D eigenvalue weighted by Gasteiger charge is -2.23. The highest BCUT2D eigenvalue weighted by Gasteiger charge is 2.54. The minimum atomic E-state index is -0.0952. The van der Waals surface area contributed by atoms with E-state index >= 15 is 0 Å². The molecule has 3 fully saturated rings. The van der Waals surface area contributed by atoms with Crippen molar-refractivity contribution in [1.82, 2.24) is 10.2 Å². The largest absolute Gasteiger partial charge is 0.490 e. The predicted molar refractivity (Wildman–Crippen MR) is 73.7 cm³/mol. The van der Waals surface area contributed by atoms with Crippen molar-refractivity contribution in [2.75, 3.05) is 20.2 Å². The van der Waals surface area contributed by atoms with Gasteiger partial charge in [-0.1, -0.05) is 0 Å². The molecule has 0 spiro atoms. The fraction of sp³-hybridized carbons (Fsp3) is 0.667. The Hall–Kier alpha value is -1.33. The standard InChI is InChI=1S/C15H20N2O3/c1-19-15-8-20-9(4-14(15)18)7-17-12-2-3-13(17)11-6-16-5-10(11)12/h4,8,10-13,16H,2-3,5-7H2,1H3/t10-,11+,12-,13+. The molecule has 0 radical (unpaired) electrons. The molecular formula is C15H20N2O3. The first kappa shape index (κ1) is 12.4. The second-order valence-electron chi connectivity index (χ2n) is 6.15. The summed E-state index contributed by atoms with van der Waals surface area (Å²) in [5.41, 5.74) is -0.0952. The summed E-state index contributed by atoms with van der Waals surface area (Å²) in [6.07, 6.45) is 4.00. The SMILES string of the molecule is COc1coc(CN2[C@@H]3CC[C@H]2[C@H]2CNC[C@H]23)cc1=O. The molecule has 2 bridgehead atoms. The van der Waals surface area contributed by atoms with Crippen LogP contribution in [0.4, 0.5) is 0 Å². The van der Waals surface area contributed by atoms with Gasteiger partial charge in [0.15, 0.2) is 0 Å². The second-order valence-corrected chi connectivity index (χ2v) is 6.15. The van der Waals surface area contributed by atoms with Crippen LogP contribution < -0.4 is 15.5 Å². The van der Waals surface area contributed by atoms with Crippen molar-refractivity contribution in [1.29, 1.82) is 0 Å². The number of nitrogens with zero attached hydrogens (tertiary/aromatic N) is 1. The van der Waals surface area contributed by atoms with E-state index in [0.29, 0.717) is 12.1 Å². The molecule has 3 aliphatic heterocycles. The highest BCUT2D eigenvalue weighted by Crippen LogP contribution is 2.47. The zero-order valence-corrected chi connectivity index (χ0v) is 11.7. The lowest BCUT2D eigenvalue weighted by Crippen LogP contribution is -2.33. The molecule has 4 rings (SSSR count). The minimum absolute atomic E-state index is 0.0952. The van der Waals surface area contributed by atoms with Gasteiger partial charge in [-0.3, -0.25) is 9.69 Å². The summed E-state index contributed by atoms with van der Waals surface area (Å²) in [5.74, 6) is 2.61. The topological polar surface area (TPSA) is 54.7 Å². The van der Waals surface area contributed by atoms with Gasteiger partial charge in [-0.05, 0) is 37.8 Å². The van der Waals surface area contributed by atoms with E-state index in [2.05, 4.69) is 10.2 Å². The quantitative estimate of drug-likeness (QED) is 0.886. The second kappa shape index (κ2) is 4.60. The Kier molecular flexibility index (Phi) is 2.86. The maximum Gasteiger partial charge on any atom is 0.227 e. The molecule has 0 unspecified atom stereocenters. The summed E-state index contributed by atoms with van der Waals surface area (Å²) in [6, 6.07) is 2.89. The smallest absolute Gasteiger partial charge is 0.227 e. The lowest BCUT2D eigenvalue weighted by molar-refractivity contribution is 0.199. The molecule has 1 aromatic heterocycles. The van der Waals surface area contributed by atoms with Crippen LogP contribution >= 0.6 is 0 Å². The van der Waals surface area contributed by atoms with Crippen LogP contribution in [-0.4, -0.2) is 37.2 Å². The van der Waals surface area contributed by atoms with Gasteiger partial charge < -0.3 is 14.5 Å². The molecule has 20 heavy (non-hydrogen) atoms. The van der Waals surface area contributed by atoms with E-state index in [1.54, 1.807) is 6.07 Å². The van der Waals surface area contributed by atoms with Gasteiger partial charge in [0.1, 0.15) is 12.0 Å². The van der Waals surface area contributed by atoms with Gasteiger partial charge in [-0.25, -0.2) is 0 Å². The van der Waals surface area contributed by atoms with Gasteiger partial charge >= 0.3 is 0 Å². The average Bonchev–Trinajstić information content (AvgIpc) is 3.11. The molecule has 4 heterocycles. The van der Waals surface area contributed by atoms with Crippen LogP contribution in [-0.2, 0) is 6.54 Å². The van der Waals surface area contributed by atoms with E-state index < -0.39 is 0 Å². The molecule has 0 amide bonds. The van der Waals surface area contributed by atoms with Gasteiger partial charge in [0.05, 0.1) is 13.7 Å². The molecule has 0 aliphatic carbocycles. The van der Waals surface area contributed by atoms with Gasteiger partial charge in [0, 0.05) is 18.2 Å². The van der Waals surface area contributed by atoms with E-state index in [1.165, 1.54) is 26.2 Å². The number of hydrogen-bond acceptors (Lipinski definition) is 5. The first-order valence-corrected chi connectivity index (χ1v) is 7.40. The summed E-state index contributed by atoms with van der Waals surface area (Å²) >= 11 is 0. The molecular weight excluding hydrogens is 256 g/mol. The monoisotopic (exact) mass is 276 g/mol. The maximum absolute atomic E-state index is 11.8. The summed E-state index contributed by atoms with van der Waals surface area (Å²) in [7, 11) is 1.49. The summed E-state index contributed by atoms with van der Waals surface area (Å²) in [5, 5.41) is 3.52. The first-order valence-electron chi connectivity index (χ1n) is 7.40. The van der Waals surface area contributed by atoms with Crippen LogP contribution in [0.25, 0.3) is 0 Å². The van der Waals surface area contributed by atoms with Crippen molar-refractivity contribution in [2.24, 2.45) is 11.8 Å². The zero-order chi connectivity index (χ0) is 13.7. The molecule has 5 heteroatoms. The fourth-order valence-corrected chi connectivity index (χ4v) is 4.49. The third-order valence-electron chi connectivity index (χ3n) is 5.32. The number of nitrogens with one attached hydrogen (secondary N) is 1. The predicted octanol–water partition coefficient (Wildman–Crippen LogP) is 0.831. The maximum atomic E-state index is 11.8. The number of methoxy groups -OCH3 is 1. The van der Waals surface area contributed by atoms with E-state index in [4.69, 9.17) is 9.15 Å². The summed E-state index contributed by atoms with van der Waals surface area (Å²) in [6.45, 7) is 3.05. The zero-order valence-electron chi connectivity index (χ0n) is 11.7. The van der Waals surface area contributed by atoms with Crippen molar-refractivity contribution >= 4 is 0 Å². The molecule has 108 valence electrons. The molecule has 3 saturated heterocycles. The van der Waals surface area contributed by atoms with Gasteiger partial charge in [-0.15, -0.1) is 0 Å². The van der Waals surface area contributed by atoms with Gasteiger partial charge in [0.25, 0.3) is 0 Å². The van der Waals surface area contributed by atoms with Crippen LogP contribution in [0, 0.1) is 11.8 Å². The van der Waals surface area contributed by atoms with E-state index in [-0.39, 0.29) is 11.2 Å². The van der Waals surface area contributed by atoms with Crippen LogP contribution in [0.5, 0.6) is 5.75 Å². The van der Waals surface area contributed by atoms with Crippen molar-refractivity contribution < 1.29 is 9.15 Å². The van der Waals surface area contributed by atoms with Crippen molar-refractivity contribution in [3.05, 3.63) is 28.3 Å². The van der Waals surface area contributed by atoms with E-state index in [1.807, 2.05) is 0 Å². The number of fused-ring (bicyclic) bond motifs is 5. The first-order chi connectivity index (χ1) is 9.78. The molecule has 5 nitrogen and oxygen atoms in total. The van der Waals surface area contributed by atoms with Crippen LogP contribution in [0.15, 0.2) is 21.5 Å². The number of ether oxygens (including phenoxy) is 1. The van der Waals surface area contributed by atoms with Crippen molar-refractivity contribution in [2.45, 2.75) is 31.5 Å². The Balaban J connectivity index is 1.55. The van der Waals surface area contributed by atoms with Crippen LogP contribution in [0.1, 0.15) is 18.6 Å². The Morgan fingerprint density at radius 3 is 2.65 bits per heavy atom. The van der Waals surface area contributed by atoms with E-state index in [0.717, 1.165) is 37.2 Å². The molecule has 1 aromatic rings. The van der Waals surface area contributed by atoms with Gasteiger partial charge in [-0.2, -0.15) is 0 Å². The Morgan fingerprint density at radius 1 is 1.35 bits per heavy atom. The average molecular weight is 276 g/mol. The fourth-order valence-electron chi connectivity index (χ4n) is 4.49. The molecule has 4 atom stereocenters. The Morgan fingerprint density at radius 2 is 2.05 bits per heavy atom. The highest BCUT2D eigenvalue weighted by atomic mass is 16.5. The third kappa shape index (κ3) is 1.73. The number of hydrogen-bond donors (Lipinski definition) is 1. The molecule has 0 saturated carbocycles.